The summed E-state index contributed by atoms with van der Waals surface area (Å²) in [6.45, 7) is 2.83. The molecular weight excluding hydrogens is 310 g/mol. The van der Waals surface area contributed by atoms with Crippen LogP contribution in [0, 0.1) is 0 Å². The van der Waals surface area contributed by atoms with Gasteiger partial charge in [-0.25, -0.2) is 8.42 Å². The van der Waals surface area contributed by atoms with Crippen LogP contribution in [-0.4, -0.2) is 32.6 Å². The lowest BCUT2D eigenvalue weighted by atomic mass is 10.2. The smallest absolute Gasteiger partial charge is 0.150 e. The van der Waals surface area contributed by atoms with E-state index in [0.29, 0.717) is 29.8 Å². The standard InChI is InChI=1S/C15H22ClNO3S/c1-2-21(18,19)9-3-8-20-15-7-4-12(10-14(15)16)11-17-13-5-6-13/h4,7,10,13,17H,2-3,5-6,8-9,11H2,1H3. The molecule has 0 bridgehead atoms. The first-order chi connectivity index (χ1) is 10.00. The van der Waals surface area contributed by atoms with Gasteiger partial charge in [0.05, 0.1) is 17.4 Å². The van der Waals surface area contributed by atoms with Gasteiger partial charge in [-0.3, -0.25) is 0 Å². The number of benzene rings is 1. The SMILES string of the molecule is CCS(=O)(=O)CCCOc1ccc(CNC2CC2)cc1Cl. The average molecular weight is 332 g/mol. The summed E-state index contributed by atoms with van der Waals surface area (Å²) < 4.78 is 28.3. The molecule has 2 rings (SSSR count). The quantitative estimate of drug-likeness (QED) is 0.707. The molecule has 0 spiro atoms. The molecule has 0 saturated heterocycles. The Balaban J connectivity index is 1.77. The molecule has 0 amide bonds. The highest BCUT2D eigenvalue weighted by Crippen LogP contribution is 2.26. The van der Waals surface area contributed by atoms with Crippen molar-refractivity contribution in [3.8, 4) is 5.75 Å². The highest BCUT2D eigenvalue weighted by molar-refractivity contribution is 7.91. The predicted molar refractivity (Wildman–Crippen MR) is 85.8 cm³/mol. The van der Waals surface area contributed by atoms with Crippen molar-refractivity contribution in [1.82, 2.24) is 5.32 Å². The third kappa shape index (κ3) is 5.85. The van der Waals surface area contributed by atoms with Crippen LogP contribution in [0.2, 0.25) is 5.02 Å². The van der Waals surface area contributed by atoms with Crippen molar-refractivity contribution in [3.05, 3.63) is 28.8 Å². The van der Waals surface area contributed by atoms with Crippen molar-refractivity contribution < 1.29 is 13.2 Å². The van der Waals surface area contributed by atoms with Crippen LogP contribution in [0.3, 0.4) is 0 Å². The van der Waals surface area contributed by atoms with Gasteiger partial charge in [-0.2, -0.15) is 0 Å². The zero-order chi connectivity index (χ0) is 15.3. The normalized spacial score (nSPS) is 15.1. The highest BCUT2D eigenvalue weighted by atomic mass is 35.5. The summed E-state index contributed by atoms with van der Waals surface area (Å²) in [6, 6.07) is 6.40. The van der Waals surface area contributed by atoms with Gasteiger partial charge in [-0.05, 0) is 37.0 Å². The predicted octanol–water partition coefficient (Wildman–Crippen LogP) is 2.80. The van der Waals surface area contributed by atoms with Crippen molar-refractivity contribution in [2.45, 2.75) is 38.8 Å². The molecule has 0 aliphatic heterocycles. The molecule has 1 aromatic carbocycles. The lowest BCUT2D eigenvalue weighted by Gasteiger charge is -2.10. The third-order valence-corrected chi connectivity index (χ3v) is 5.55. The lowest BCUT2D eigenvalue weighted by molar-refractivity contribution is 0.318. The molecule has 118 valence electrons. The first-order valence-electron chi connectivity index (χ1n) is 7.35. The van der Waals surface area contributed by atoms with Crippen LogP contribution in [0.25, 0.3) is 0 Å². The van der Waals surface area contributed by atoms with E-state index in [-0.39, 0.29) is 11.5 Å². The Bertz CT molecular complexity index is 570. The largest absolute Gasteiger partial charge is 0.492 e. The summed E-state index contributed by atoms with van der Waals surface area (Å²) in [5.74, 6) is 0.946. The van der Waals surface area contributed by atoms with E-state index in [0.717, 1.165) is 12.1 Å². The van der Waals surface area contributed by atoms with Crippen LogP contribution in [-0.2, 0) is 16.4 Å². The van der Waals surface area contributed by atoms with Crippen LogP contribution in [0.15, 0.2) is 18.2 Å². The molecule has 0 radical (unpaired) electrons. The Morgan fingerprint density at radius 3 is 2.76 bits per heavy atom. The monoisotopic (exact) mass is 331 g/mol. The number of rotatable bonds is 9. The fraction of sp³-hybridized carbons (Fsp3) is 0.600. The molecule has 1 aliphatic carbocycles. The Morgan fingerprint density at radius 2 is 2.14 bits per heavy atom. The molecule has 0 atom stereocenters. The van der Waals surface area contributed by atoms with Crippen LogP contribution < -0.4 is 10.1 Å². The molecular formula is C15H22ClNO3S. The second-order valence-electron chi connectivity index (χ2n) is 5.36. The second-order valence-corrected chi connectivity index (χ2v) is 8.24. The minimum absolute atomic E-state index is 0.157. The van der Waals surface area contributed by atoms with Crippen molar-refractivity contribution in [2.24, 2.45) is 0 Å². The van der Waals surface area contributed by atoms with E-state index in [9.17, 15) is 8.42 Å². The summed E-state index contributed by atoms with van der Waals surface area (Å²) >= 11 is 6.19. The fourth-order valence-corrected chi connectivity index (χ4v) is 3.03. The van der Waals surface area contributed by atoms with Gasteiger partial charge >= 0.3 is 0 Å². The van der Waals surface area contributed by atoms with E-state index in [1.807, 2.05) is 18.2 Å². The summed E-state index contributed by atoms with van der Waals surface area (Å²) in [5.41, 5.74) is 1.13. The van der Waals surface area contributed by atoms with Gasteiger partial charge in [-0.1, -0.05) is 24.6 Å². The maximum Gasteiger partial charge on any atom is 0.150 e. The molecule has 1 N–H and O–H groups in total. The molecule has 1 fully saturated rings. The zero-order valence-electron chi connectivity index (χ0n) is 12.3. The summed E-state index contributed by atoms with van der Waals surface area (Å²) in [5, 5.41) is 4.00. The molecule has 1 aromatic rings. The van der Waals surface area contributed by atoms with Crippen LogP contribution in [0.1, 0.15) is 31.7 Å². The number of ether oxygens (including phenoxy) is 1. The first-order valence-corrected chi connectivity index (χ1v) is 9.55. The maximum atomic E-state index is 11.4. The maximum absolute atomic E-state index is 11.4. The Morgan fingerprint density at radius 1 is 1.38 bits per heavy atom. The lowest BCUT2D eigenvalue weighted by Crippen LogP contribution is -2.15. The Labute approximate surface area is 131 Å². The minimum atomic E-state index is -2.92. The number of nitrogens with one attached hydrogen (secondary N) is 1. The van der Waals surface area contributed by atoms with Gasteiger partial charge in [0, 0.05) is 18.3 Å². The van der Waals surface area contributed by atoms with Crippen molar-refractivity contribution in [1.29, 1.82) is 0 Å². The van der Waals surface area contributed by atoms with E-state index in [2.05, 4.69) is 5.32 Å². The van der Waals surface area contributed by atoms with E-state index in [1.165, 1.54) is 12.8 Å². The number of hydrogen-bond acceptors (Lipinski definition) is 4. The highest BCUT2D eigenvalue weighted by Gasteiger charge is 2.20. The number of sulfone groups is 1. The van der Waals surface area contributed by atoms with Crippen molar-refractivity contribution >= 4 is 21.4 Å². The average Bonchev–Trinajstić information content (AvgIpc) is 3.27. The van der Waals surface area contributed by atoms with E-state index < -0.39 is 9.84 Å². The topological polar surface area (TPSA) is 55.4 Å². The third-order valence-electron chi connectivity index (χ3n) is 3.47. The molecule has 1 saturated carbocycles. The van der Waals surface area contributed by atoms with Crippen LogP contribution in [0.4, 0.5) is 0 Å². The Hall–Kier alpha value is -0.780. The van der Waals surface area contributed by atoms with Gasteiger partial charge in [0.2, 0.25) is 0 Å². The number of hydrogen-bond donors (Lipinski definition) is 1. The second kappa shape index (κ2) is 7.47. The first kappa shape index (κ1) is 16.6. The zero-order valence-corrected chi connectivity index (χ0v) is 13.8. The van der Waals surface area contributed by atoms with Gasteiger partial charge in [0.1, 0.15) is 15.6 Å². The summed E-state index contributed by atoms with van der Waals surface area (Å²) in [7, 11) is -2.92. The molecule has 0 heterocycles. The number of halogens is 1. The van der Waals surface area contributed by atoms with Crippen LogP contribution >= 0.6 is 11.6 Å². The molecule has 0 aromatic heterocycles. The molecule has 21 heavy (non-hydrogen) atoms. The fourth-order valence-electron chi connectivity index (χ4n) is 1.93. The van der Waals surface area contributed by atoms with Crippen molar-refractivity contribution in [3.63, 3.8) is 0 Å². The van der Waals surface area contributed by atoms with Gasteiger partial charge in [0.25, 0.3) is 0 Å². The Kier molecular flexibility index (Phi) is 5.90. The molecule has 6 heteroatoms. The van der Waals surface area contributed by atoms with E-state index in [1.54, 1.807) is 6.92 Å². The van der Waals surface area contributed by atoms with Gasteiger partial charge in [-0.15, -0.1) is 0 Å². The van der Waals surface area contributed by atoms with E-state index in [4.69, 9.17) is 16.3 Å². The molecule has 0 unspecified atom stereocenters. The summed E-state index contributed by atoms with van der Waals surface area (Å²) in [6.07, 6.45) is 3.00. The minimum Gasteiger partial charge on any atom is -0.492 e. The van der Waals surface area contributed by atoms with Gasteiger partial charge in [0.15, 0.2) is 0 Å². The van der Waals surface area contributed by atoms with E-state index >= 15 is 0 Å². The van der Waals surface area contributed by atoms with Crippen LogP contribution in [0.5, 0.6) is 5.75 Å². The van der Waals surface area contributed by atoms with Crippen molar-refractivity contribution in [2.75, 3.05) is 18.1 Å². The summed E-state index contributed by atoms with van der Waals surface area (Å²) in [4.78, 5) is 0. The molecule has 4 nitrogen and oxygen atoms in total. The molecule has 1 aliphatic rings. The van der Waals surface area contributed by atoms with Gasteiger partial charge < -0.3 is 10.1 Å².